The zero-order valence-electron chi connectivity index (χ0n) is 22.4. The van der Waals surface area contributed by atoms with Gasteiger partial charge in [-0.2, -0.15) is 5.26 Å². The van der Waals surface area contributed by atoms with Crippen molar-refractivity contribution in [3.63, 3.8) is 0 Å². The van der Waals surface area contributed by atoms with E-state index in [9.17, 15) is 10.1 Å². The Morgan fingerprint density at radius 3 is 2.26 bits per heavy atom. The molecule has 194 valence electrons. The van der Waals surface area contributed by atoms with Crippen molar-refractivity contribution in [3.8, 4) is 11.8 Å². The van der Waals surface area contributed by atoms with Crippen LogP contribution < -0.4 is 5.32 Å². The molecule has 3 aromatic rings. The smallest absolute Gasteiger partial charge is 0.266 e. The van der Waals surface area contributed by atoms with E-state index in [1.165, 1.54) is 44.1 Å². The first-order valence-corrected chi connectivity index (χ1v) is 14.1. The van der Waals surface area contributed by atoms with Crippen molar-refractivity contribution in [3.05, 3.63) is 87.2 Å². The van der Waals surface area contributed by atoms with E-state index in [0.29, 0.717) is 16.1 Å². The molecule has 1 N–H and O–H groups in total. The molecule has 5 heteroatoms. The van der Waals surface area contributed by atoms with Crippen molar-refractivity contribution >= 4 is 29.3 Å². The molecule has 0 saturated heterocycles. The predicted octanol–water partition coefficient (Wildman–Crippen LogP) is 8.07. The largest absolute Gasteiger partial charge is 0.321 e. The van der Waals surface area contributed by atoms with Crippen LogP contribution in [0, 0.1) is 49.9 Å². The van der Waals surface area contributed by atoms with Gasteiger partial charge in [-0.15, -0.1) is 0 Å². The van der Waals surface area contributed by atoms with E-state index in [4.69, 9.17) is 11.6 Å². The average molecular weight is 524 g/mol. The lowest BCUT2D eigenvalue weighted by molar-refractivity contribution is -0.112. The number of rotatable bonds is 5. The molecule has 0 radical (unpaired) electrons. The summed E-state index contributed by atoms with van der Waals surface area (Å²) >= 11 is 6.19. The number of hydrogen-bond acceptors (Lipinski definition) is 2. The van der Waals surface area contributed by atoms with Crippen LogP contribution in [0.1, 0.15) is 66.6 Å². The summed E-state index contributed by atoms with van der Waals surface area (Å²) in [5.74, 6) is 2.35. The Morgan fingerprint density at radius 1 is 1.03 bits per heavy atom. The van der Waals surface area contributed by atoms with E-state index in [0.717, 1.165) is 46.0 Å². The number of aromatic nitrogens is 1. The second-order valence-electron chi connectivity index (χ2n) is 11.9. The van der Waals surface area contributed by atoms with Crippen LogP contribution in [-0.2, 0) is 10.2 Å². The van der Waals surface area contributed by atoms with Gasteiger partial charge in [0.25, 0.3) is 5.91 Å². The van der Waals surface area contributed by atoms with Crippen molar-refractivity contribution in [2.45, 2.75) is 64.7 Å². The average Bonchev–Trinajstić information content (AvgIpc) is 3.16. The van der Waals surface area contributed by atoms with Gasteiger partial charge in [-0.25, -0.2) is 0 Å². The lowest BCUT2D eigenvalue weighted by atomic mass is 9.48. The fourth-order valence-electron chi connectivity index (χ4n) is 8.00. The molecule has 38 heavy (non-hydrogen) atoms. The standard InChI is InChI=1S/C33H34ClN3O/c1-20-11-26(15-27(19-35)32(38)36-31-6-4-5-30(34)21(31)2)22(3)37(20)29-9-7-28(8-10-29)33-16-23-12-24(17-33)14-25(13-23)18-33/h4-11,15,23-25H,12-14,16-18H2,1-3H3,(H,36,38). The van der Waals surface area contributed by atoms with Crippen molar-refractivity contribution in [2.75, 3.05) is 5.32 Å². The van der Waals surface area contributed by atoms with Crippen molar-refractivity contribution in [1.82, 2.24) is 4.57 Å². The summed E-state index contributed by atoms with van der Waals surface area (Å²) in [6, 6.07) is 18.7. The van der Waals surface area contributed by atoms with Crippen molar-refractivity contribution in [2.24, 2.45) is 17.8 Å². The first-order valence-electron chi connectivity index (χ1n) is 13.7. The minimum absolute atomic E-state index is 0.0572. The van der Waals surface area contributed by atoms with E-state index in [1.54, 1.807) is 24.3 Å². The maximum atomic E-state index is 12.9. The zero-order chi connectivity index (χ0) is 26.6. The van der Waals surface area contributed by atoms with Gasteiger partial charge in [0.2, 0.25) is 0 Å². The quantitative estimate of drug-likeness (QED) is 0.271. The normalized spacial score (nSPS) is 25.9. The summed E-state index contributed by atoms with van der Waals surface area (Å²) in [7, 11) is 0. The summed E-state index contributed by atoms with van der Waals surface area (Å²) in [6.45, 7) is 5.95. The molecular formula is C33H34ClN3O. The third kappa shape index (κ3) is 4.28. The van der Waals surface area contributed by atoms with Crippen LogP contribution in [-0.4, -0.2) is 10.5 Å². The number of aryl methyl sites for hydroxylation is 1. The van der Waals surface area contributed by atoms with Crippen LogP contribution >= 0.6 is 11.6 Å². The highest BCUT2D eigenvalue weighted by atomic mass is 35.5. The molecule has 7 rings (SSSR count). The fraction of sp³-hybridized carbons (Fsp3) is 0.394. The Kier molecular flexibility index (Phi) is 6.23. The number of anilines is 1. The SMILES string of the molecule is Cc1c(Cl)cccc1NC(=O)C(C#N)=Cc1cc(C)n(-c2ccc(C34CC5CC(CC(C5)C3)C4)cc2)c1C. The summed E-state index contributed by atoms with van der Waals surface area (Å²) < 4.78 is 2.21. The van der Waals surface area contributed by atoms with Gasteiger partial charge in [-0.1, -0.05) is 29.8 Å². The van der Waals surface area contributed by atoms with Gasteiger partial charge in [-0.3, -0.25) is 4.79 Å². The summed E-state index contributed by atoms with van der Waals surface area (Å²) in [5, 5.41) is 13.2. The van der Waals surface area contributed by atoms with Crippen LogP contribution in [0.2, 0.25) is 5.02 Å². The molecule has 0 atom stereocenters. The predicted molar refractivity (Wildman–Crippen MR) is 154 cm³/mol. The molecule has 4 aliphatic carbocycles. The van der Waals surface area contributed by atoms with Crippen LogP contribution in [0.25, 0.3) is 11.8 Å². The Bertz CT molecular complexity index is 1450. The molecule has 1 amide bonds. The number of nitrogens with zero attached hydrogens (tertiary/aromatic N) is 2. The maximum Gasteiger partial charge on any atom is 0.266 e. The summed E-state index contributed by atoms with van der Waals surface area (Å²) in [5.41, 5.74) is 7.39. The lowest BCUT2D eigenvalue weighted by Crippen LogP contribution is -2.48. The minimum Gasteiger partial charge on any atom is -0.321 e. The van der Waals surface area contributed by atoms with Gasteiger partial charge in [0, 0.05) is 27.8 Å². The number of carbonyl (C=O) groups excluding carboxylic acids is 1. The molecule has 0 aliphatic heterocycles. The number of carbonyl (C=O) groups is 1. The topological polar surface area (TPSA) is 57.8 Å². The van der Waals surface area contributed by atoms with E-state index in [-0.39, 0.29) is 5.57 Å². The molecule has 4 fully saturated rings. The zero-order valence-corrected chi connectivity index (χ0v) is 23.1. The van der Waals surface area contributed by atoms with Crippen molar-refractivity contribution < 1.29 is 4.79 Å². The maximum absolute atomic E-state index is 12.9. The molecule has 0 spiro atoms. The Labute approximate surface area is 230 Å². The summed E-state index contributed by atoms with van der Waals surface area (Å²) in [4.78, 5) is 12.9. The molecule has 4 aliphatic rings. The van der Waals surface area contributed by atoms with Gasteiger partial charge in [0.05, 0.1) is 0 Å². The summed E-state index contributed by atoms with van der Waals surface area (Å²) in [6.07, 6.45) is 10.1. The fourth-order valence-corrected chi connectivity index (χ4v) is 8.17. The molecule has 4 bridgehead atoms. The number of hydrogen-bond donors (Lipinski definition) is 1. The van der Waals surface area contributed by atoms with E-state index in [1.807, 2.05) is 19.9 Å². The molecular weight excluding hydrogens is 490 g/mol. The number of nitrogens with one attached hydrogen (secondary N) is 1. The van der Waals surface area contributed by atoms with Crippen molar-refractivity contribution in [1.29, 1.82) is 5.26 Å². The van der Waals surface area contributed by atoms with Crippen LogP contribution in [0.15, 0.2) is 54.1 Å². The molecule has 1 aromatic heterocycles. The third-order valence-electron chi connectivity index (χ3n) is 9.43. The van der Waals surface area contributed by atoms with Crippen LogP contribution in [0.5, 0.6) is 0 Å². The van der Waals surface area contributed by atoms with Crippen LogP contribution in [0.3, 0.4) is 0 Å². The molecule has 4 nitrogen and oxygen atoms in total. The van der Waals surface area contributed by atoms with E-state index < -0.39 is 5.91 Å². The first-order chi connectivity index (χ1) is 18.3. The molecule has 2 aromatic carbocycles. The van der Waals surface area contributed by atoms with E-state index >= 15 is 0 Å². The van der Waals surface area contributed by atoms with Gasteiger partial charge in [-0.05, 0) is 136 Å². The van der Waals surface area contributed by atoms with E-state index in [2.05, 4.69) is 47.1 Å². The molecule has 1 heterocycles. The number of halogens is 1. The number of nitriles is 1. The molecule has 4 saturated carbocycles. The Morgan fingerprint density at radius 2 is 1.66 bits per heavy atom. The monoisotopic (exact) mass is 523 g/mol. The van der Waals surface area contributed by atoms with Gasteiger partial charge in [0.1, 0.15) is 11.6 Å². The lowest BCUT2D eigenvalue weighted by Gasteiger charge is -2.57. The number of benzene rings is 2. The first kappa shape index (κ1) is 25.0. The van der Waals surface area contributed by atoms with Gasteiger partial charge < -0.3 is 9.88 Å². The molecule has 0 unspecified atom stereocenters. The highest BCUT2D eigenvalue weighted by Gasteiger charge is 2.51. The second kappa shape index (κ2) is 9.47. The van der Waals surface area contributed by atoms with Gasteiger partial charge >= 0.3 is 0 Å². The third-order valence-corrected chi connectivity index (χ3v) is 9.84. The second-order valence-corrected chi connectivity index (χ2v) is 12.4. The Hall–Kier alpha value is -3.29. The highest BCUT2D eigenvalue weighted by molar-refractivity contribution is 6.31. The Balaban J connectivity index is 1.26. The number of amides is 1. The minimum atomic E-state index is -0.442. The highest BCUT2D eigenvalue weighted by Crippen LogP contribution is 2.60. The van der Waals surface area contributed by atoms with Crippen LogP contribution in [0.4, 0.5) is 5.69 Å². The van der Waals surface area contributed by atoms with Gasteiger partial charge in [0.15, 0.2) is 0 Å².